The molecule has 86 valence electrons. The first-order valence-electron chi connectivity index (χ1n) is 5.86. The van der Waals surface area contributed by atoms with E-state index >= 15 is 0 Å². The molecule has 0 bridgehead atoms. The van der Waals surface area contributed by atoms with Crippen molar-refractivity contribution in [3.8, 4) is 5.75 Å². The summed E-state index contributed by atoms with van der Waals surface area (Å²) >= 11 is 0. The van der Waals surface area contributed by atoms with Crippen molar-refractivity contribution < 1.29 is 9.84 Å². The molecule has 1 saturated carbocycles. The number of ether oxygens (including phenoxy) is 1. The zero-order valence-corrected chi connectivity index (χ0v) is 9.28. The van der Waals surface area contributed by atoms with Gasteiger partial charge in [-0.05, 0) is 36.5 Å². The fourth-order valence-electron chi connectivity index (χ4n) is 2.78. The third-order valence-corrected chi connectivity index (χ3v) is 3.59. The Morgan fingerprint density at radius 3 is 3.00 bits per heavy atom. The minimum Gasteiger partial charge on any atom is -0.493 e. The highest BCUT2D eigenvalue weighted by Crippen LogP contribution is 2.34. The van der Waals surface area contributed by atoms with E-state index in [2.05, 4.69) is 12.1 Å². The van der Waals surface area contributed by atoms with Crippen molar-refractivity contribution in [2.24, 2.45) is 5.73 Å². The Morgan fingerprint density at radius 2 is 2.25 bits per heavy atom. The van der Waals surface area contributed by atoms with Crippen molar-refractivity contribution in [1.29, 1.82) is 0 Å². The molecule has 0 atom stereocenters. The minimum absolute atomic E-state index is 0.187. The highest BCUT2D eigenvalue weighted by Gasteiger charge is 2.39. The Kier molecular flexibility index (Phi) is 2.19. The summed E-state index contributed by atoms with van der Waals surface area (Å²) < 4.78 is 5.47. The second-order valence-corrected chi connectivity index (χ2v) is 5.14. The van der Waals surface area contributed by atoms with Crippen LogP contribution in [-0.4, -0.2) is 23.4 Å². The van der Waals surface area contributed by atoms with Crippen LogP contribution in [0.25, 0.3) is 0 Å². The van der Waals surface area contributed by atoms with Gasteiger partial charge in [0, 0.05) is 12.0 Å². The molecule has 3 nitrogen and oxygen atoms in total. The normalized spacial score (nSPS) is 31.8. The molecule has 1 fully saturated rings. The lowest BCUT2D eigenvalue weighted by Crippen LogP contribution is -2.55. The van der Waals surface area contributed by atoms with Gasteiger partial charge in [-0.25, -0.2) is 0 Å². The maximum absolute atomic E-state index is 9.32. The maximum Gasteiger partial charge on any atom is 0.122 e. The number of nitrogens with two attached hydrogens (primary N) is 1. The molecule has 0 radical (unpaired) electrons. The van der Waals surface area contributed by atoms with Crippen LogP contribution in [0.2, 0.25) is 0 Å². The maximum atomic E-state index is 9.32. The molecule has 2 aliphatic rings. The molecule has 1 aromatic carbocycles. The van der Waals surface area contributed by atoms with Crippen molar-refractivity contribution in [3.63, 3.8) is 0 Å². The molecule has 3 rings (SSSR count). The molecular formula is C13H17NO2. The van der Waals surface area contributed by atoms with Crippen LogP contribution < -0.4 is 10.5 Å². The summed E-state index contributed by atoms with van der Waals surface area (Å²) in [6, 6.07) is 6.32. The monoisotopic (exact) mass is 219 g/mol. The van der Waals surface area contributed by atoms with Crippen molar-refractivity contribution >= 4 is 0 Å². The molecule has 0 spiro atoms. The SMILES string of the molecule is NC1(Cc2ccc3c(c2)CCO3)CC(O)C1. The Labute approximate surface area is 95.2 Å². The highest BCUT2D eigenvalue weighted by molar-refractivity contribution is 5.40. The predicted molar refractivity (Wildman–Crippen MR) is 61.5 cm³/mol. The topological polar surface area (TPSA) is 55.5 Å². The summed E-state index contributed by atoms with van der Waals surface area (Å²) in [6.07, 6.45) is 3.12. The van der Waals surface area contributed by atoms with E-state index < -0.39 is 0 Å². The van der Waals surface area contributed by atoms with Crippen molar-refractivity contribution in [1.82, 2.24) is 0 Å². The van der Waals surface area contributed by atoms with Gasteiger partial charge in [0.25, 0.3) is 0 Å². The molecule has 1 aromatic rings. The van der Waals surface area contributed by atoms with Gasteiger partial charge < -0.3 is 15.6 Å². The number of rotatable bonds is 2. The van der Waals surface area contributed by atoms with Crippen LogP contribution >= 0.6 is 0 Å². The summed E-state index contributed by atoms with van der Waals surface area (Å²) in [4.78, 5) is 0. The van der Waals surface area contributed by atoms with Gasteiger partial charge in [-0.15, -0.1) is 0 Å². The lowest BCUT2D eigenvalue weighted by Gasteiger charge is -2.42. The Hall–Kier alpha value is -1.06. The number of hydrogen-bond acceptors (Lipinski definition) is 3. The lowest BCUT2D eigenvalue weighted by atomic mass is 9.71. The zero-order chi connectivity index (χ0) is 11.2. The summed E-state index contributed by atoms with van der Waals surface area (Å²) in [5.41, 5.74) is 8.55. The summed E-state index contributed by atoms with van der Waals surface area (Å²) in [5, 5.41) is 9.32. The van der Waals surface area contributed by atoms with Crippen LogP contribution in [0.1, 0.15) is 24.0 Å². The van der Waals surface area contributed by atoms with E-state index in [4.69, 9.17) is 10.5 Å². The van der Waals surface area contributed by atoms with Gasteiger partial charge in [0.05, 0.1) is 12.7 Å². The van der Waals surface area contributed by atoms with Gasteiger partial charge in [-0.1, -0.05) is 12.1 Å². The van der Waals surface area contributed by atoms with E-state index in [-0.39, 0.29) is 11.6 Å². The first-order valence-corrected chi connectivity index (χ1v) is 5.86. The van der Waals surface area contributed by atoms with Crippen LogP contribution in [0.5, 0.6) is 5.75 Å². The summed E-state index contributed by atoms with van der Waals surface area (Å²) in [7, 11) is 0. The second kappa shape index (κ2) is 3.47. The van der Waals surface area contributed by atoms with Gasteiger partial charge in [-0.3, -0.25) is 0 Å². The zero-order valence-electron chi connectivity index (χ0n) is 9.28. The first kappa shape index (κ1) is 10.1. The molecule has 0 saturated heterocycles. The quantitative estimate of drug-likeness (QED) is 0.780. The van der Waals surface area contributed by atoms with Gasteiger partial charge in [0.1, 0.15) is 5.75 Å². The molecule has 1 aliphatic carbocycles. The minimum atomic E-state index is -0.192. The lowest BCUT2D eigenvalue weighted by molar-refractivity contribution is 0.0232. The molecule has 1 aliphatic heterocycles. The highest BCUT2D eigenvalue weighted by atomic mass is 16.5. The van der Waals surface area contributed by atoms with E-state index in [0.717, 1.165) is 38.0 Å². The molecule has 0 aromatic heterocycles. The van der Waals surface area contributed by atoms with Gasteiger partial charge in [-0.2, -0.15) is 0 Å². The van der Waals surface area contributed by atoms with Gasteiger partial charge >= 0.3 is 0 Å². The average molecular weight is 219 g/mol. The Bertz CT molecular complexity index is 410. The van der Waals surface area contributed by atoms with Crippen LogP contribution in [0.3, 0.4) is 0 Å². The van der Waals surface area contributed by atoms with Crippen LogP contribution in [0.15, 0.2) is 18.2 Å². The number of aliphatic hydroxyl groups is 1. The fourth-order valence-corrected chi connectivity index (χ4v) is 2.78. The third kappa shape index (κ3) is 1.70. The van der Waals surface area contributed by atoms with Gasteiger partial charge in [0.2, 0.25) is 0 Å². The van der Waals surface area contributed by atoms with Crippen molar-refractivity contribution in [3.05, 3.63) is 29.3 Å². The van der Waals surface area contributed by atoms with Crippen molar-refractivity contribution in [2.45, 2.75) is 37.3 Å². The van der Waals surface area contributed by atoms with E-state index in [1.54, 1.807) is 0 Å². The number of benzene rings is 1. The summed E-state index contributed by atoms with van der Waals surface area (Å²) in [6.45, 7) is 0.797. The average Bonchev–Trinajstić information content (AvgIpc) is 2.62. The Morgan fingerprint density at radius 1 is 1.44 bits per heavy atom. The van der Waals surface area contributed by atoms with Crippen LogP contribution in [0, 0.1) is 0 Å². The molecule has 3 N–H and O–H groups in total. The molecular weight excluding hydrogens is 202 g/mol. The van der Waals surface area contributed by atoms with E-state index in [9.17, 15) is 5.11 Å². The van der Waals surface area contributed by atoms with E-state index in [1.165, 1.54) is 11.1 Å². The molecule has 16 heavy (non-hydrogen) atoms. The molecule has 1 heterocycles. The second-order valence-electron chi connectivity index (χ2n) is 5.14. The summed E-state index contributed by atoms with van der Waals surface area (Å²) in [5.74, 6) is 1.02. The van der Waals surface area contributed by atoms with Crippen LogP contribution in [0.4, 0.5) is 0 Å². The number of hydrogen-bond donors (Lipinski definition) is 2. The largest absolute Gasteiger partial charge is 0.493 e. The fraction of sp³-hybridized carbons (Fsp3) is 0.538. The molecule has 3 heteroatoms. The smallest absolute Gasteiger partial charge is 0.122 e. The van der Waals surface area contributed by atoms with E-state index in [1.807, 2.05) is 6.07 Å². The third-order valence-electron chi connectivity index (χ3n) is 3.59. The first-order chi connectivity index (χ1) is 7.65. The number of aliphatic hydroxyl groups excluding tert-OH is 1. The number of fused-ring (bicyclic) bond motifs is 1. The standard InChI is InChI=1S/C13H17NO2/c14-13(7-11(15)8-13)6-9-1-2-12-10(5-9)3-4-16-12/h1-2,5,11,15H,3-4,6-8,14H2. The van der Waals surface area contributed by atoms with E-state index in [0.29, 0.717) is 0 Å². The van der Waals surface area contributed by atoms with Gasteiger partial charge in [0.15, 0.2) is 0 Å². The predicted octanol–water partition coefficient (Wildman–Crippen LogP) is 1.02. The van der Waals surface area contributed by atoms with Crippen molar-refractivity contribution in [2.75, 3.05) is 6.61 Å². The Balaban J connectivity index is 1.76. The molecule has 0 amide bonds. The van der Waals surface area contributed by atoms with Crippen LogP contribution in [-0.2, 0) is 12.8 Å². The molecule has 0 unspecified atom stereocenters.